The summed E-state index contributed by atoms with van der Waals surface area (Å²) in [6.45, 7) is 8.54. The lowest BCUT2D eigenvalue weighted by molar-refractivity contribution is -0.133. The van der Waals surface area contributed by atoms with Crippen molar-refractivity contribution in [3.63, 3.8) is 0 Å². The molecule has 2 amide bonds. The van der Waals surface area contributed by atoms with E-state index in [4.69, 9.17) is 17.0 Å². The summed E-state index contributed by atoms with van der Waals surface area (Å²) in [5, 5.41) is 0.265. The van der Waals surface area contributed by atoms with E-state index in [0.717, 1.165) is 6.42 Å². The van der Waals surface area contributed by atoms with Crippen LogP contribution in [0, 0.1) is 0 Å². The normalized spacial score (nSPS) is 16.3. The Bertz CT molecular complexity index is 686. The first-order chi connectivity index (χ1) is 11.9. The number of amides is 2. The van der Waals surface area contributed by atoms with E-state index in [2.05, 4.69) is 0 Å². The van der Waals surface area contributed by atoms with Crippen LogP contribution in [-0.2, 0) is 9.59 Å². The summed E-state index contributed by atoms with van der Waals surface area (Å²) in [5.74, 6) is -0.0646. The minimum Gasteiger partial charge on any atom is -0.490 e. The van der Waals surface area contributed by atoms with Crippen molar-refractivity contribution in [3.05, 3.63) is 35.4 Å². The highest BCUT2D eigenvalue weighted by Crippen LogP contribution is 2.26. The molecule has 6 heteroatoms. The van der Waals surface area contributed by atoms with E-state index < -0.39 is 0 Å². The fourth-order valence-electron chi connectivity index (χ4n) is 2.55. The molecule has 1 saturated heterocycles. The maximum atomic E-state index is 12.7. The monoisotopic (exact) mass is 360 g/mol. The maximum Gasteiger partial charge on any atom is 0.265 e. The van der Waals surface area contributed by atoms with Crippen molar-refractivity contribution >= 4 is 35.2 Å². The Morgan fingerprint density at radius 1 is 1.08 bits per heavy atom. The zero-order valence-electron chi connectivity index (χ0n) is 15.1. The highest BCUT2D eigenvalue weighted by atomic mass is 32.1. The van der Waals surface area contributed by atoms with Crippen LogP contribution in [0.4, 0.5) is 0 Å². The Morgan fingerprint density at radius 2 is 1.64 bits per heavy atom. The predicted molar refractivity (Wildman–Crippen MR) is 102 cm³/mol. The summed E-state index contributed by atoms with van der Waals surface area (Å²) < 4.78 is 5.91. The molecule has 0 unspecified atom stereocenters. The zero-order chi connectivity index (χ0) is 18.6. The number of hydrogen-bond acceptors (Lipinski definition) is 4. The lowest BCUT2D eigenvalue weighted by Gasteiger charge is -2.35. The molecule has 0 bridgehead atoms. The summed E-state index contributed by atoms with van der Waals surface area (Å²) in [7, 11) is 0. The van der Waals surface area contributed by atoms with Crippen LogP contribution in [0.3, 0.4) is 0 Å². The van der Waals surface area contributed by atoms with Crippen LogP contribution < -0.4 is 4.74 Å². The van der Waals surface area contributed by atoms with E-state index in [-0.39, 0.29) is 28.6 Å². The molecule has 1 aromatic rings. The first kappa shape index (κ1) is 19.1. The number of thiocarbonyl (C=S) groups is 1. The number of hydrogen-bond donors (Lipinski definition) is 0. The van der Waals surface area contributed by atoms with Gasteiger partial charge >= 0.3 is 0 Å². The fourth-order valence-corrected chi connectivity index (χ4v) is 2.97. The van der Waals surface area contributed by atoms with Crippen LogP contribution in [0.1, 0.15) is 39.7 Å². The summed E-state index contributed by atoms with van der Waals surface area (Å²) in [6, 6.07) is 7.41. The molecule has 25 heavy (non-hydrogen) atoms. The second-order valence-corrected chi connectivity index (χ2v) is 6.18. The number of likely N-dealkylation sites (N-methyl/N-ethyl adjacent to an activating group) is 2. The lowest BCUT2D eigenvalue weighted by atomic mass is 10.1. The number of carbonyl (C=O) groups excluding carboxylic acids is 2. The third-order valence-corrected chi connectivity index (χ3v) is 4.61. The van der Waals surface area contributed by atoms with Gasteiger partial charge in [0.15, 0.2) is 5.11 Å². The van der Waals surface area contributed by atoms with Crippen molar-refractivity contribution in [2.24, 2.45) is 0 Å². The second-order valence-electron chi connectivity index (χ2n) is 5.81. The van der Waals surface area contributed by atoms with Gasteiger partial charge in [-0.3, -0.25) is 19.4 Å². The highest BCUT2D eigenvalue weighted by Gasteiger charge is 2.37. The number of carbonyl (C=O) groups is 2. The first-order valence-corrected chi connectivity index (χ1v) is 9.00. The molecule has 0 radical (unpaired) electrons. The molecule has 0 aliphatic carbocycles. The number of para-hydroxylation sites is 1. The van der Waals surface area contributed by atoms with Crippen molar-refractivity contribution in [1.29, 1.82) is 0 Å². The molecule has 134 valence electrons. The van der Waals surface area contributed by atoms with Crippen LogP contribution >= 0.6 is 12.2 Å². The van der Waals surface area contributed by atoms with Gasteiger partial charge in [-0.15, -0.1) is 0 Å². The van der Waals surface area contributed by atoms with Gasteiger partial charge in [0.2, 0.25) is 0 Å². The molecule has 0 N–H and O–H groups in total. The van der Waals surface area contributed by atoms with E-state index in [1.54, 1.807) is 6.08 Å². The van der Waals surface area contributed by atoms with Gasteiger partial charge < -0.3 is 4.74 Å². The van der Waals surface area contributed by atoms with Gasteiger partial charge in [0.25, 0.3) is 11.8 Å². The van der Waals surface area contributed by atoms with E-state index >= 15 is 0 Å². The van der Waals surface area contributed by atoms with Crippen LogP contribution in [0.15, 0.2) is 29.8 Å². The van der Waals surface area contributed by atoms with Gasteiger partial charge in [0.05, 0.1) is 6.10 Å². The minimum absolute atomic E-state index is 0.0455. The molecule has 1 aromatic carbocycles. The molecular formula is C19H24N2O3S. The van der Waals surface area contributed by atoms with E-state index in [0.29, 0.717) is 24.4 Å². The van der Waals surface area contributed by atoms with E-state index in [9.17, 15) is 9.59 Å². The number of ether oxygens (including phenoxy) is 1. The standard InChI is InChI=1S/C19H24N2O3S/c1-5-13(4)24-16-11-9-8-10-14(16)12-15-17(22)20(6-2)19(25)21(7-3)18(15)23/h8-13H,5-7H2,1-4H3/t13-/m1/s1. The molecule has 1 fully saturated rings. The van der Waals surface area contributed by atoms with Gasteiger partial charge in [0.1, 0.15) is 11.3 Å². The number of rotatable bonds is 6. The van der Waals surface area contributed by atoms with Crippen LogP contribution in [-0.4, -0.2) is 45.9 Å². The fraction of sp³-hybridized carbons (Fsp3) is 0.421. The van der Waals surface area contributed by atoms with Gasteiger partial charge in [-0.1, -0.05) is 25.1 Å². The first-order valence-electron chi connectivity index (χ1n) is 8.59. The summed E-state index contributed by atoms with van der Waals surface area (Å²) in [6.07, 6.45) is 2.52. The van der Waals surface area contributed by atoms with Gasteiger partial charge in [-0.25, -0.2) is 0 Å². The topological polar surface area (TPSA) is 49.9 Å². The minimum atomic E-state index is -0.361. The molecule has 0 saturated carbocycles. The van der Waals surface area contributed by atoms with Gasteiger partial charge in [-0.05, 0) is 51.6 Å². The summed E-state index contributed by atoms with van der Waals surface area (Å²) in [5.41, 5.74) is 0.817. The molecule has 1 aliphatic heterocycles. The Kier molecular flexibility index (Phi) is 6.31. The van der Waals surface area contributed by atoms with Gasteiger partial charge in [0, 0.05) is 18.7 Å². The van der Waals surface area contributed by atoms with Gasteiger partial charge in [-0.2, -0.15) is 0 Å². The molecule has 5 nitrogen and oxygen atoms in total. The van der Waals surface area contributed by atoms with Crippen LogP contribution in [0.25, 0.3) is 6.08 Å². The molecule has 1 heterocycles. The van der Waals surface area contributed by atoms with Crippen molar-refractivity contribution in [3.8, 4) is 5.75 Å². The molecule has 0 spiro atoms. The summed E-state index contributed by atoms with van der Waals surface area (Å²) >= 11 is 5.28. The second kappa shape index (κ2) is 8.25. The molecule has 0 aromatic heterocycles. The Hall–Kier alpha value is -2.21. The summed E-state index contributed by atoms with van der Waals surface area (Å²) in [4.78, 5) is 28.3. The smallest absolute Gasteiger partial charge is 0.265 e. The molecule has 1 atom stereocenters. The van der Waals surface area contributed by atoms with Crippen molar-refractivity contribution in [2.75, 3.05) is 13.1 Å². The number of nitrogens with zero attached hydrogens (tertiary/aromatic N) is 2. The van der Waals surface area contributed by atoms with Crippen molar-refractivity contribution in [2.45, 2.75) is 40.2 Å². The SMILES string of the molecule is CC[C@@H](C)Oc1ccccc1C=C1C(=O)N(CC)C(=S)N(CC)C1=O. The molecule has 1 aliphatic rings. The third kappa shape index (κ3) is 3.90. The highest BCUT2D eigenvalue weighted by molar-refractivity contribution is 7.80. The predicted octanol–water partition coefficient (Wildman–Crippen LogP) is 3.24. The Morgan fingerprint density at radius 3 is 2.16 bits per heavy atom. The molecule has 2 rings (SSSR count). The Balaban J connectivity index is 2.47. The maximum absolute atomic E-state index is 12.7. The van der Waals surface area contributed by atoms with Crippen molar-refractivity contribution < 1.29 is 14.3 Å². The lowest BCUT2D eigenvalue weighted by Crippen LogP contribution is -2.55. The zero-order valence-corrected chi connectivity index (χ0v) is 15.9. The largest absolute Gasteiger partial charge is 0.490 e. The third-order valence-electron chi connectivity index (χ3n) is 4.17. The Labute approximate surface area is 154 Å². The average molecular weight is 360 g/mol. The quantitative estimate of drug-likeness (QED) is 0.444. The van der Waals surface area contributed by atoms with Crippen LogP contribution in [0.2, 0.25) is 0 Å². The molecular weight excluding hydrogens is 336 g/mol. The van der Waals surface area contributed by atoms with Crippen LogP contribution in [0.5, 0.6) is 5.75 Å². The van der Waals surface area contributed by atoms with Crippen molar-refractivity contribution in [1.82, 2.24) is 9.80 Å². The van der Waals surface area contributed by atoms with E-state index in [1.165, 1.54) is 9.80 Å². The number of benzene rings is 1. The van der Waals surface area contributed by atoms with E-state index in [1.807, 2.05) is 52.0 Å². The average Bonchev–Trinajstić information content (AvgIpc) is 2.60.